The van der Waals surface area contributed by atoms with Gasteiger partial charge in [-0.3, -0.25) is 0 Å². The van der Waals surface area contributed by atoms with Crippen LogP contribution in [0.1, 0.15) is 52.9 Å². The summed E-state index contributed by atoms with van der Waals surface area (Å²) >= 11 is 0. The lowest BCUT2D eigenvalue weighted by atomic mass is 9.97. The Morgan fingerprint density at radius 2 is 1.75 bits per heavy atom. The normalized spacial score (nSPS) is 27.9. The minimum atomic E-state index is 0.683. The van der Waals surface area contributed by atoms with Crippen molar-refractivity contribution in [2.24, 2.45) is 5.92 Å². The Bertz CT molecular complexity index is 205. The lowest BCUT2D eigenvalue weighted by molar-refractivity contribution is 0.177. The molecule has 1 N–H and O–H groups in total. The summed E-state index contributed by atoms with van der Waals surface area (Å²) < 4.78 is 0. The second kappa shape index (κ2) is 5.50. The molecule has 0 radical (unpaired) electrons. The standard InChI is InChI=1S/C14H28N2/c1-4-11(2)12(3)15-13-7-9-16(10-8-13)14-5-6-14/h11-15H,4-10H2,1-3H3. The maximum absolute atomic E-state index is 3.82. The van der Waals surface area contributed by atoms with Gasteiger partial charge in [-0.05, 0) is 51.6 Å². The van der Waals surface area contributed by atoms with Gasteiger partial charge in [0.1, 0.15) is 0 Å². The molecule has 94 valence electrons. The van der Waals surface area contributed by atoms with E-state index in [1.54, 1.807) is 0 Å². The first-order chi connectivity index (χ1) is 7.70. The predicted molar refractivity (Wildman–Crippen MR) is 69.7 cm³/mol. The SMILES string of the molecule is CCC(C)C(C)NC1CCN(C2CC2)CC1. The van der Waals surface area contributed by atoms with Crippen molar-refractivity contribution in [3.05, 3.63) is 0 Å². The second-order valence-electron chi connectivity index (χ2n) is 5.88. The van der Waals surface area contributed by atoms with Crippen molar-refractivity contribution in [2.45, 2.75) is 71.0 Å². The zero-order valence-electron chi connectivity index (χ0n) is 11.2. The minimum absolute atomic E-state index is 0.683. The van der Waals surface area contributed by atoms with Crippen molar-refractivity contribution in [1.29, 1.82) is 0 Å². The van der Waals surface area contributed by atoms with Crippen molar-refractivity contribution in [3.63, 3.8) is 0 Å². The van der Waals surface area contributed by atoms with Crippen LogP contribution in [0.2, 0.25) is 0 Å². The highest BCUT2D eigenvalue weighted by Crippen LogP contribution is 2.29. The Kier molecular flexibility index (Phi) is 4.26. The van der Waals surface area contributed by atoms with Crippen LogP contribution in [0, 0.1) is 5.92 Å². The van der Waals surface area contributed by atoms with Crippen molar-refractivity contribution in [2.75, 3.05) is 13.1 Å². The third kappa shape index (κ3) is 3.21. The van der Waals surface area contributed by atoms with Gasteiger partial charge in [0.05, 0.1) is 0 Å². The van der Waals surface area contributed by atoms with E-state index in [4.69, 9.17) is 0 Å². The Labute approximate surface area is 101 Å². The average Bonchev–Trinajstić information content (AvgIpc) is 3.13. The fraction of sp³-hybridized carbons (Fsp3) is 1.00. The highest BCUT2D eigenvalue weighted by molar-refractivity contribution is 4.89. The van der Waals surface area contributed by atoms with Gasteiger partial charge in [0, 0.05) is 18.1 Å². The Balaban J connectivity index is 1.67. The number of piperidine rings is 1. The van der Waals surface area contributed by atoms with E-state index in [0.717, 1.165) is 18.0 Å². The van der Waals surface area contributed by atoms with E-state index in [1.807, 2.05) is 0 Å². The summed E-state index contributed by atoms with van der Waals surface area (Å²) in [5, 5.41) is 3.82. The van der Waals surface area contributed by atoms with Crippen molar-refractivity contribution >= 4 is 0 Å². The highest BCUT2D eigenvalue weighted by atomic mass is 15.2. The van der Waals surface area contributed by atoms with Gasteiger partial charge >= 0.3 is 0 Å². The third-order valence-electron chi connectivity index (χ3n) is 4.59. The molecule has 0 aromatic carbocycles. The Hall–Kier alpha value is -0.0800. The lowest BCUT2D eigenvalue weighted by Crippen LogP contribution is -2.47. The first kappa shape index (κ1) is 12.4. The maximum Gasteiger partial charge on any atom is 0.00964 e. The van der Waals surface area contributed by atoms with E-state index in [2.05, 4.69) is 31.0 Å². The molecule has 2 heteroatoms. The van der Waals surface area contributed by atoms with Gasteiger partial charge in [0.25, 0.3) is 0 Å². The van der Waals surface area contributed by atoms with Crippen LogP contribution in [0.25, 0.3) is 0 Å². The second-order valence-corrected chi connectivity index (χ2v) is 5.88. The summed E-state index contributed by atoms with van der Waals surface area (Å²) in [7, 11) is 0. The van der Waals surface area contributed by atoms with Crippen molar-refractivity contribution in [1.82, 2.24) is 10.2 Å². The van der Waals surface area contributed by atoms with Crippen LogP contribution < -0.4 is 5.32 Å². The number of hydrogen-bond donors (Lipinski definition) is 1. The third-order valence-corrected chi connectivity index (χ3v) is 4.59. The number of rotatable bonds is 5. The van der Waals surface area contributed by atoms with Gasteiger partial charge < -0.3 is 10.2 Å². The van der Waals surface area contributed by atoms with E-state index in [9.17, 15) is 0 Å². The molecule has 0 amide bonds. The van der Waals surface area contributed by atoms with Gasteiger partial charge in [-0.2, -0.15) is 0 Å². The first-order valence-electron chi connectivity index (χ1n) is 7.20. The molecule has 1 heterocycles. The topological polar surface area (TPSA) is 15.3 Å². The maximum atomic E-state index is 3.82. The number of nitrogens with one attached hydrogen (secondary N) is 1. The fourth-order valence-electron chi connectivity index (χ4n) is 2.76. The summed E-state index contributed by atoms with van der Waals surface area (Å²) in [4.78, 5) is 2.70. The molecule has 2 rings (SSSR count). The number of nitrogens with zero attached hydrogens (tertiary/aromatic N) is 1. The van der Waals surface area contributed by atoms with Gasteiger partial charge in [-0.1, -0.05) is 20.3 Å². The number of hydrogen-bond acceptors (Lipinski definition) is 2. The molecule has 2 atom stereocenters. The van der Waals surface area contributed by atoms with E-state index < -0.39 is 0 Å². The average molecular weight is 224 g/mol. The molecular weight excluding hydrogens is 196 g/mol. The Morgan fingerprint density at radius 1 is 1.12 bits per heavy atom. The summed E-state index contributed by atoms with van der Waals surface area (Å²) in [6.07, 6.45) is 6.92. The molecule has 1 aliphatic carbocycles. The van der Waals surface area contributed by atoms with Crippen LogP contribution in [-0.2, 0) is 0 Å². The van der Waals surface area contributed by atoms with Gasteiger partial charge in [0.15, 0.2) is 0 Å². The molecule has 2 aliphatic rings. The molecule has 0 aromatic rings. The summed E-state index contributed by atoms with van der Waals surface area (Å²) in [6.45, 7) is 9.65. The van der Waals surface area contributed by atoms with Crippen LogP contribution in [0.4, 0.5) is 0 Å². The molecule has 1 saturated carbocycles. The minimum Gasteiger partial charge on any atom is -0.311 e. The lowest BCUT2D eigenvalue weighted by Gasteiger charge is -2.35. The molecular formula is C14H28N2. The molecule has 2 unspecified atom stereocenters. The van der Waals surface area contributed by atoms with Crippen molar-refractivity contribution in [3.8, 4) is 0 Å². The molecule has 0 bridgehead atoms. The summed E-state index contributed by atoms with van der Waals surface area (Å²) in [6, 6.07) is 2.43. The van der Waals surface area contributed by atoms with Crippen LogP contribution in [0.3, 0.4) is 0 Å². The zero-order valence-corrected chi connectivity index (χ0v) is 11.2. The van der Waals surface area contributed by atoms with Crippen LogP contribution in [0.15, 0.2) is 0 Å². The first-order valence-corrected chi connectivity index (χ1v) is 7.20. The van der Waals surface area contributed by atoms with Crippen molar-refractivity contribution < 1.29 is 0 Å². The van der Waals surface area contributed by atoms with E-state index in [1.165, 1.54) is 45.2 Å². The zero-order chi connectivity index (χ0) is 11.5. The van der Waals surface area contributed by atoms with E-state index in [0.29, 0.717) is 6.04 Å². The summed E-state index contributed by atoms with van der Waals surface area (Å²) in [5.74, 6) is 0.807. The van der Waals surface area contributed by atoms with Gasteiger partial charge in [-0.25, -0.2) is 0 Å². The monoisotopic (exact) mass is 224 g/mol. The smallest absolute Gasteiger partial charge is 0.00964 e. The summed E-state index contributed by atoms with van der Waals surface area (Å²) in [5.41, 5.74) is 0. The van der Waals surface area contributed by atoms with Crippen LogP contribution >= 0.6 is 0 Å². The highest BCUT2D eigenvalue weighted by Gasteiger charge is 2.32. The molecule has 2 nitrogen and oxygen atoms in total. The largest absolute Gasteiger partial charge is 0.311 e. The van der Waals surface area contributed by atoms with Gasteiger partial charge in [-0.15, -0.1) is 0 Å². The van der Waals surface area contributed by atoms with E-state index >= 15 is 0 Å². The fourth-order valence-corrected chi connectivity index (χ4v) is 2.76. The van der Waals surface area contributed by atoms with E-state index in [-0.39, 0.29) is 0 Å². The quantitative estimate of drug-likeness (QED) is 0.772. The molecule has 16 heavy (non-hydrogen) atoms. The predicted octanol–water partition coefficient (Wildman–Crippen LogP) is 2.64. The van der Waals surface area contributed by atoms with Crippen LogP contribution in [-0.4, -0.2) is 36.1 Å². The van der Waals surface area contributed by atoms with Gasteiger partial charge in [0.2, 0.25) is 0 Å². The van der Waals surface area contributed by atoms with Crippen LogP contribution in [0.5, 0.6) is 0 Å². The number of likely N-dealkylation sites (tertiary alicyclic amines) is 1. The molecule has 0 aromatic heterocycles. The molecule has 1 saturated heterocycles. The molecule has 0 spiro atoms. The molecule has 2 fully saturated rings. The molecule has 1 aliphatic heterocycles. The Morgan fingerprint density at radius 3 is 2.25 bits per heavy atom.